The Hall–Kier alpha value is -1.92. The van der Waals surface area contributed by atoms with Gasteiger partial charge in [0.05, 0.1) is 5.56 Å². The fourth-order valence-electron chi connectivity index (χ4n) is 1.96. The van der Waals surface area contributed by atoms with Crippen molar-refractivity contribution in [3.05, 3.63) is 23.8 Å². The zero-order valence-electron chi connectivity index (χ0n) is 10.9. The Kier molecular flexibility index (Phi) is 4.06. The molecule has 4 nitrogen and oxygen atoms in total. The number of ether oxygens (including phenoxy) is 2. The molecule has 0 unspecified atom stereocenters. The number of fused-ring (bicyclic) bond motifs is 1. The Balaban J connectivity index is 2.28. The van der Waals surface area contributed by atoms with Gasteiger partial charge in [0.2, 0.25) is 0 Å². The first-order chi connectivity index (χ1) is 9.42. The van der Waals surface area contributed by atoms with E-state index in [9.17, 15) is 18.0 Å². The van der Waals surface area contributed by atoms with Gasteiger partial charge in [0.15, 0.2) is 11.5 Å². The highest BCUT2D eigenvalue weighted by molar-refractivity contribution is 5.97. The number of halogens is 3. The molecule has 1 heterocycles. The first-order valence-electron chi connectivity index (χ1n) is 6.17. The van der Waals surface area contributed by atoms with Gasteiger partial charge >= 0.3 is 6.18 Å². The van der Waals surface area contributed by atoms with Crippen LogP contribution >= 0.6 is 0 Å². The van der Waals surface area contributed by atoms with Crippen LogP contribution in [0.15, 0.2) is 18.2 Å². The first-order valence-corrected chi connectivity index (χ1v) is 6.17. The largest absolute Gasteiger partial charge is 0.486 e. The highest BCUT2D eigenvalue weighted by Gasteiger charge is 2.34. The molecule has 0 radical (unpaired) electrons. The maximum Gasteiger partial charge on any atom is 0.406 e. The van der Waals surface area contributed by atoms with Crippen molar-refractivity contribution in [3.63, 3.8) is 0 Å². The summed E-state index contributed by atoms with van der Waals surface area (Å²) in [5, 5.41) is 0. The minimum atomic E-state index is -4.43. The topological polar surface area (TPSA) is 38.8 Å². The molecule has 0 saturated heterocycles. The number of amides is 1. The molecule has 0 spiro atoms. The quantitative estimate of drug-likeness (QED) is 0.858. The van der Waals surface area contributed by atoms with Crippen LogP contribution in [0.5, 0.6) is 11.5 Å². The number of carbonyl (C=O) groups excluding carboxylic acids is 1. The number of para-hydroxylation sites is 1. The van der Waals surface area contributed by atoms with Gasteiger partial charge in [-0.05, 0) is 19.1 Å². The van der Waals surface area contributed by atoms with E-state index in [1.807, 2.05) is 0 Å². The van der Waals surface area contributed by atoms with Gasteiger partial charge in [-0.3, -0.25) is 4.79 Å². The summed E-state index contributed by atoms with van der Waals surface area (Å²) < 4.78 is 48.0. The summed E-state index contributed by atoms with van der Waals surface area (Å²) in [4.78, 5) is 12.9. The lowest BCUT2D eigenvalue weighted by Gasteiger charge is -2.25. The lowest BCUT2D eigenvalue weighted by molar-refractivity contribution is -0.140. The van der Waals surface area contributed by atoms with E-state index in [1.165, 1.54) is 13.0 Å². The van der Waals surface area contributed by atoms with Crippen LogP contribution < -0.4 is 9.47 Å². The monoisotopic (exact) mass is 289 g/mol. The molecule has 2 rings (SSSR count). The molecule has 0 N–H and O–H groups in total. The number of rotatable bonds is 3. The van der Waals surface area contributed by atoms with Crippen LogP contribution in [0.2, 0.25) is 0 Å². The van der Waals surface area contributed by atoms with E-state index in [2.05, 4.69) is 0 Å². The summed E-state index contributed by atoms with van der Waals surface area (Å²) in [6, 6.07) is 4.61. The predicted octanol–water partition coefficient (Wildman–Crippen LogP) is 2.48. The van der Waals surface area contributed by atoms with E-state index < -0.39 is 18.6 Å². The highest BCUT2D eigenvalue weighted by atomic mass is 19.4. The SMILES string of the molecule is CCN(CC(F)(F)F)C(=O)c1cccc2c1OCCO2. The lowest BCUT2D eigenvalue weighted by Crippen LogP contribution is -2.39. The van der Waals surface area contributed by atoms with E-state index in [0.717, 1.165) is 4.90 Å². The van der Waals surface area contributed by atoms with Gasteiger partial charge in [-0.15, -0.1) is 0 Å². The minimum absolute atomic E-state index is 0.0388. The van der Waals surface area contributed by atoms with E-state index in [4.69, 9.17) is 9.47 Å². The number of benzene rings is 1. The summed E-state index contributed by atoms with van der Waals surface area (Å²) in [5.74, 6) is -0.123. The standard InChI is InChI=1S/C13H14F3NO3/c1-2-17(8-13(14,15)16)12(18)9-4-3-5-10-11(9)20-7-6-19-10/h3-5H,2,6-8H2,1H3. The Labute approximate surface area is 114 Å². The average molecular weight is 289 g/mol. The molecule has 0 aromatic heterocycles. The van der Waals surface area contributed by atoms with E-state index in [0.29, 0.717) is 12.4 Å². The third kappa shape index (κ3) is 3.15. The fourth-order valence-corrected chi connectivity index (χ4v) is 1.96. The van der Waals surface area contributed by atoms with Gasteiger partial charge < -0.3 is 14.4 Å². The molecule has 0 fully saturated rings. The maximum atomic E-state index is 12.5. The van der Waals surface area contributed by atoms with Gasteiger partial charge in [-0.2, -0.15) is 13.2 Å². The molecule has 1 aliphatic heterocycles. The van der Waals surface area contributed by atoms with Crippen LogP contribution in [0, 0.1) is 0 Å². The van der Waals surface area contributed by atoms with Crippen molar-refractivity contribution in [2.75, 3.05) is 26.3 Å². The second-order valence-corrected chi connectivity index (χ2v) is 4.26. The first kappa shape index (κ1) is 14.5. The molecule has 1 aromatic rings. The molecule has 0 aliphatic carbocycles. The summed E-state index contributed by atoms with van der Waals surface area (Å²) in [6.45, 7) is 0.791. The Morgan fingerprint density at radius 2 is 2.00 bits per heavy atom. The summed E-state index contributed by atoms with van der Waals surface area (Å²) in [5.41, 5.74) is 0.0910. The zero-order valence-corrected chi connectivity index (χ0v) is 10.9. The van der Waals surface area contributed by atoms with Crippen LogP contribution in [-0.4, -0.2) is 43.3 Å². The molecule has 7 heteroatoms. The fraction of sp³-hybridized carbons (Fsp3) is 0.462. The Morgan fingerprint density at radius 3 is 2.65 bits per heavy atom. The molecule has 1 amide bonds. The molecule has 0 atom stereocenters. The number of nitrogens with zero attached hydrogens (tertiary/aromatic N) is 1. The van der Waals surface area contributed by atoms with Crippen LogP contribution in [0.25, 0.3) is 0 Å². The summed E-state index contributed by atoms with van der Waals surface area (Å²) in [6.07, 6.45) is -4.43. The predicted molar refractivity (Wildman–Crippen MR) is 65.1 cm³/mol. The van der Waals surface area contributed by atoms with Crippen molar-refractivity contribution < 1.29 is 27.4 Å². The van der Waals surface area contributed by atoms with Gasteiger partial charge in [-0.25, -0.2) is 0 Å². The third-order valence-electron chi connectivity index (χ3n) is 2.84. The van der Waals surface area contributed by atoms with E-state index in [-0.39, 0.29) is 24.5 Å². The molecular weight excluding hydrogens is 275 g/mol. The number of carbonyl (C=O) groups is 1. The molecule has 1 aromatic carbocycles. The van der Waals surface area contributed by atoms with Gasteiger partial charge in [0.1, 0.15) is 19.8 Å². The van der Waals surface area contributed by atoms with Crippen molar-refractivity contribution in [2.24, 2.45) is 0 Å². The van der Waals surface area contributed by atoms with Crippen molar-refractivity contribution >= 4 is 5.91 Å². The van der Waals surface area contributed by atoms with Crippen LogP contribution in [-0.2, 0) is 0 Å². The second kappa shape index (κ2) is 5.60. The molecule has 0 bridgehead atoms. The van der Waals surface area contributed by atoms with Crippen LogP contribution in [0.4, 0.5) is 13.2 Å². The van der Waals surface area contributed by atoms with Crippen molar-refractivity contribution in [1.82, 2.24) is 4.90 Å². The smallest absolute Gasteiger partial charge is 0.406 e. The maximum absolute atomic E-state index is 12.5. The number of alkyl halides is 3. The molecule has 1 aliphatic rings. The average Bonchev–Trinajstić information content (AvgIpc) is 2.42. The molecule has 20 heavy (non-hydrogen) atoms. The lowest BCUT2D eigenvalue weighted by atomic mass is 10.1. The van der Waals surface area contributed by atoms with Crippen molar-refractivity contribution in [1.29, 1.82) is 0 Å². The number of hydrogen-bond acceptors (Lipinski definition) is 3. The van der Waals surface area contributed by atoms with Crippen molar-refractivity contribution in [2.45, 2.75) is 13.1 Å². The zero-order chi connectivity index (χ0) is 14.8. The normalized spacial score (nSPS) is 14.0. The van der Waals surface area contributed by atoms with Crippen LogP contribution in [0.1, 0.15) is 17.3 Å². The Bertz CT molecular complexity index is 502. The molecular formula is C13H14F3NO3. The Morgan fingerprint density at radius 1 is 1.30 bits per heavy atom. The van der Waals surface area contributed by atoms with Gasteiger partial charge in [0.25, 0.3) is 5.91 Å². The summed E-state index contributed by atoms with van der Waals surface area (Å²) >= 11 is 0. The van der Waals surface area contributed by atoms with E-state index in [1.54, 1.807) is 12.1 Å². The second-order valence-electron chi connectivity index (χ2n) is 4.26. The molecule has 110 valence electrons. The third-order valence-corrected chi connectivity index (χ3v) is 2.84. The van der Waals surface area contributed by atoms with Gasteiger partial charge in [-0.1, -0.05) is 6.07 Å². The minimum Gasteiger partial charge on any atom is -0.486 e. The molecule has 0 saturated carbocycles. The highest BCUT2D eigenvalue weighted by Crippen LogP contribution is 2.34. The van der Waals surface area contributed by atoms with Gasteiger partial charge in [0, 0.05) is 6.54 Å². The summed E-state index contributed by atoms with van der Waals surface area (Å²) in [7, 11) is 0. The van der Waals surface area contributed by atoms with Crippen molar-refractivity contribution in [3.8, 4) is 11.5 Å². The number of hydrogen-bond donors (Lipinski definition) is 0. The van der Waals surface area contributed by atoms with Crippen LogP contribution in [0.3, 0.4) is 0 Å². The van der Waals surface area contributed by atoms with E-state index >= 15 is 0 Å².